The third-order valence-electron chi connectivity index (χ3n) is 1.05. The standard InChI is InChI=1S/C7H7IO.C2H6/c1-9-7-4-2-6(8)3-5-7;1-2/h2-5H,1H3;1-2H3. The van der Waals surface area contributed by atoms with Crippen molar-refractivity contribution in [2.24, 2.45) is 0 Å². The number of hydrogen-bond acceptors (Lipinski definition) is 1. The molecule has 0 atom stereocenters. The summed E-state index contributed by atoms with van der Waals surface area (Å²) in [4.78, 5) is 0. The first-order valence-corrected chi connectivity index (χ1v) is 4.70. The summed E-state index contributed by atoms with van der Waals surface area (Å²) in [7, 11) is 1.67. The zero-order valence-electron chi connectivity index (χ0n) is 7.10. The molecule has 0 amide bonds. The number of hydrogen-bond donors (Lipinski definition) is 0. The van der Waals surface area contributed by atoms with Gasteiger partial charge in [-0.15, -0.1) is 0 Å². The lowest BCUT2D eigenvalue weighted by Gasteiger charge is -1.96. The van der Waals surface area contributed by atoms with E-state index < -0.39 is 0 Å². The van der Waals surface area contributed by atoms with E-state index in [4.69, 9.17) is 4.74 Å². The second kappa shape index (κ2) is 6.46. The summed E-state index contributed by atoms with van der Waals surface area (Å²) in [5, 5.41) is 0. The molecule has 62 valence electrons. The Morgan fingerprint density at radius 3 is 1.91 bits per heavy atom. The van der Waals surface area contributed by atoms with Crippen LogP contribution in [0.25, 0.3) is 0 Å². The van der Waals surface area contributed by atoms with Gasteiger partial charge in [-0.2, -0.15) is 0 Å². The van der Waals surface area contributed by atoms with Crippen molar-refractivity contribution in [1.29, 1.82) is 0 Å². The van der Waals surface area contributed by atoms with Crippen molar-refractivity contribution in [3.05, 3.63) is 27.8 Å². The largest absolute Gasteiger partial charge is 0.497 e. The fourth-order valence-electron chi connectivity index (χ4n) is 0.571. The van der Waals surface area contributed by atoms with E-state index in [-0.39, 0.29) is 0 Å². The molecule has 0 bridgehead atoms. The lowest BCUT2D eigenvalue weighted by molar-refractivity contribution is 0.414. The van der Waals surface area contributed by atoms with Gasteiger partial charge in [-0.1, -0.05) is 13.8 Å². The van der Waals surface area contributed by atoms with E-state index in [9.17, 15) is 0 Å². The van der Waals surface area contributed by atoms with E-state index in [0.717, 1.165) is 5.75 Å². The first kappa shape index (κ1) is 10.8. The first-order chi connectivity index (χ1) is 5.33. The average molecular weight is 264 g/mol. The van der Waals surface area contributed by atoms with Gasteiger partial charge in [0.05, 0.1) is 7.11 Å². The van der Waals surface area contributed by atoms with Crippen molar-refractivity contribution in [3.8, 4) is 5.75 Å². The summed E-state index contributed by atoms with van der Waals surface area (Å²) >= 11 is 2.26. The molecule has 1 aromatic carbocycles. The summed E-state index contributed by atoms with van der Waals surface area (Å²) in [6.07, 6.45) is 0. The van der Waals surface area contributed by atoms with E-state index in [2.05, 4.69) is 22.6 Å². The van der Waals surface area contributed by atoms with Crippen LogP contribution < -0.4 is 4.74 Å². The van der Waals surface area contributed by atoms with Gasteiger partial charge < -0.3 is 4.74 Å². The van der Waals surface area contributed by atoms with Crippen molar-refractivity contribution in [2.45, 2.75) is 13.8 Å². The van der Waals surface area contributed by atoms with E-state index in [1.807, 2.05) is 38.1 Å². The van der Waals surface area contributed by atoms with Crippen molar-refractivity contribution in [1.82, 2.24) is 0 Å². The van der Waals surface area contributed by atoms with Crippen LogP contribution in [0.1, 0.15) is 13.8 Å². The molecule has 0 heterocycles. The Hall–Kier alpha value is -0.250. The minimum atomic E-state index is 0.912. The molecule has 0 aliphatic carbocycles. The highest BCUT2D eigenvalue weighted by atomic mass is 127. The molecule has 0 radical (unpaired) electrons. The summed E-state index contributed by atoms with van der Waals surface area (Å²) in [6.45, 7) is 4.00. The molecule has 0 saturated heterocycles. The van der Waals surface area contributed by atoms with Crippen LogP contribution in [0.4, 0.5) is 0 Å². The van der Waals surface area contributed by atoms with Crippen LogP contribution >= 0.6 is 22.6 Å². The van der Waals surface area contributed by atoms with Gasteiger partial charge in [-0.25, -0.2) is 0 Å². The summed E-state index contributed by atoms with van der Waals surface area (Å²) in [5.41, 5.74) is 0. The number of benzene rings is 1. The van der Waals surface area contributed by atoms with Crippen LogP contribution in [0, 0.1) is 3.57 Å². The smallest absolute Gasteiger partial charge is 0.118 e. The zero-order chi connectivity index (χ0) is 8.69. The molecule has 0 fully saturated rings. The second-order valence-electron chi connectivity index (χ2n) is 1.66. The third kappa shape index (κ3) is 4.24. The molecular formula is C9H13IO. The molecular weight excluding hydrogens is 251 g/mol. The zero-order valence-corrected chi connectivity index (χ0v) is 9.25. The molecule has 1 aromatic rings. The quantitative estimate of drug-likeness (QED) is 0.707. The third-order valence-corrected chi connectivity index (χ3v) is 1.77. The summed E-state index contributed by atoms with van der Waals surface area (Å²) in [5.74, 6) is 0.912. The van der Waals surface area contributed by atoms with E-state index in [1.54, 1.807) is 7.11 Å². The predicted octanol–water partition coefficient (Wildman–Crippen LogP) is 3.33. The fraction of sp³-hybridized carbons (Fsp3) is 0.333. The first-order valence-electron chi connectivity index (χ1n) is 3.62. The number of halogens is 1. The van der Waals surface area contributed by atoms with Crippen LogP contribution in [0.2, 0.25) is 0 Å². The molecule has 0 aliphatic heterocycles. The molecule has 2 heteroatoms. The average Bonchev–Trinajstić information content (AvgIpc) is 2.10. The van der Waals surface area contributed by atoms with Gasteiger partial charge in [0.2, 0.25) is 0 Å². The van der Waals surface area contributed by atoms with Crippen LogP contribution in [-0.2, 0) is 0 Å². The molecule has 0 spiro atoms. The van der Waals surface area contributed by atoms with Gasteiger partial charge in [-0.05, 0) is 46.9 Å². The maximum Gasteiger partial charge on any atom is 0.118 e. The van der Waals surface area contributed by atoms with Gasteiger partial charge in [0, 0.05) is 3.57 Å². The van der Waals surface area contributed by atoms with Crippen LogP contribution in [-0.4, -0.2) is 7.11 Å². The Bertz CT molecular complexity index is 181. The minimum Gasteiger partial charge on any atom is -0.497 e. The van der Waals surface area contributed by atoms with Crippen LogP contribution in [0.5, 0.6) is 5.75 Å². The molecule has 11 heavy (non-hydrogen) atoms. The van der Waals surface area contributed by atoms with Crippen molar-refractivity contribution >= 4 is 22.6 Å². The molecule has 1 rings (SSSR count). The molecule has 0 saturated carbocycles. The number of rotatable bonds is 1. The van der Waals surface area contributed by atoms with E-state index in [1.165, 1.54) is 3.57 Å². The fourth-order valence-corrected chi connectivity index (χ4v) is 0.930. The summed E-state index contributed by atoms with van der Waals surface area (Å²) in [6, 6.07) is 7.92. The normalized spacial score (nSPS) is 8.00. The van der Waals surface area contributed by atoms with Gasteiger partial charge in [0.1, 0.15) is 5.75 Å². The Labute approximate surface area is 81.9 Å². The highest BCUT2D eigenvalue weighted by Gasteiger charge is 1.86. The predicted molar refractivity (Wildman–Crippen MR) is 57.1 cm³/mol. The second-order valence-corrected chi connectivity index (χ2v) is 2.90. The van der Waals surface area contributed by atoms with Gasteiger partial charge in [0.15, 0.2) is 0 Å². The SMILES string of the molecule is CC.COc1ccc(I)cc1. The van der Waals surface area contributed by atoms with Crippen molar-refractivity contribution < 1.29 is 4.74 Å². The molecule has 1 nitrogen and oxygen atoms in total. The van der Waals surface area contributed by atoms with Gasteiger partial charge >= 0.3 is 0 Å². The minimum absolute atomic E-state index is 0.912. The molecule has 0 unspecified atom stereocenters. The Balaban J connectivity index is 0.000000461. The Kier molecular flexibility index (Phi) is 6.31. The van der Waals surface area contributed by atoms with Gasteiger partial charge in [-0.3, -0.25) is 0 Å². The lowest BCUT2D eigenvalue weighted by Crippen LogP contribution is -1.80. The monoisotopic (exact) mass is 264 g/mol. The van der Waals surface area contributed by atoms with Gasteiger partial charge in [0.25, 0.3) is 0 Å². The highest BCUT2D eigenvalue weighted by molar-refractivity contribution is 14.1. The lowest BCUT2D eigenvalue weighted by atomic mass is 10.3. The maximum atomic E-state index is 4.97. The van der Waals surface area contributed by atoms with E-state index >= 15 is 0 Å². The van der Waals surface area contributed by atoms with Crippen LogP contribution in [0.3, 0.4) is 0 Å². The molecule has 0 aromatic heterocycles. The highest BCUT2D eigenvalue weighted by Crippen LogP contribution is 2.11. The maximum absolute atomic E-state index is 4.97. The van der Waals surface area contributed by atoms with Crippen molar-refractivity contribution in [2.75, 3.05) is 7.11 Å². The molecule has 0 N–H and O–H groups in total. The van der Waals surface area contributed by atoms with Crippen LogP contribution in [0.15, 0.2) is 24.3 Å². The Morgan fingerprint density at radius 2 is 1.55 bits per heavy atom. The molecule has 0 aliphatic rings. The summed E-state index contributed by atoms with van der Waals surface area (Å²) < 4.78 is 6.20. The van der Waals surface area contributed by atoms with Crippen molar-refractivity contribution in [3.63, 3.8) is 0 Å². The Morgan fingerprint density at radius 1 is 1.09 bits per heavy atom. The topological polar surface area (TPSA) is 9.23 Å². The van der Waals surface area contributed by atoms with E-state index in [0.29, 0.717) is 0 Å². The number of methoxy groups -OCH3 is 1. The number of ether oxygens (including phenoxy) is 1.